The van der Waals surface area contributed by atoms with E-state index < -0.39 is 0 Å². The zero-order chi connectivity index (χ0) is 21.9. The first-order valence-electron chi connectivity index (χ1n) is 10.8. The predicted octanol–water partition coefficient (Wildman–Crippen LogP) is 3.65. The molecular weight excluding hydrogens is 352 g/mol. The molecule has 2 unspecified atom stereocenters. The van der Waals surface area contributed by atoms with E-state index in [0.29, 0.717) is 5.92 Å². The third-order valence-electron chi connectivity index (χ3n) is 4.87. The molecule has 0 aromatic rings. The standard InChI is InChI=1S/C15H31N3O.C7H15NO/c1-15(2,3)18(17)11-13(16)8-4-6-12-7-5-9-14(19)10-12;1-5(2)7(9)8-6(3)4/h11-12,14,19H,4-10,16-17H2,1-3H3;5-6H,1-4H3,(H,8,9)/b13-11-;. The number of nitrogens with zero attached hydrogens (tertiary/aromatic N) is 1. The lowest BCUT2D eigenvalue weighted by atomic mass is 9.84. The van der Waals surface area contributed by atoms with Crippen LogP contribution in [0.2, 0.25) is 0 Å². The van der Waals surface area contributed by atoms with Crippen LogP contribution < -0.4 is 16.9 Å². The third kappa shape index (κ3) is 13.0. The molecule has 0 spiro atoms. The molecule has 166 valence electrons. The molecule has 0 aromatic heterocycles. The monoisotopic (exact) mass is 398 g/mol. The van der Waals surface area contributed by atoms with E-state index in [0.717, 1.165) is 44.2 Å². The molecule has 1 saturated carbocycles. The molecule has 1 amide bonds. The number of aliphatic hydroxyl groups is 1. The molecule has 6 N–H and O–H groups in total. The SMILES string of the molecule is CC(C)(C)N(N)/C=C(\N)CCCC1CCCC(O)C1.CC(C)NC(=O)C(C)C. The van der Waals surface area contributed by atoms with Gasteiger partial charge in [-0.1, -0.05) is 26.7 Å². The molecule has 6 heteroatoms. The van der Waals surface area contributed by atoms with Crippen LogP contribution in [0.4, 0.5) is 0 Å². The summed E-state index contributed by atoms with van der Waals surface area (Å²) >= 11 is 0. The topological polar surface area (TPSA) is 105 Å². The fourth-order valence-electron chi connectivity index (χ4n) is 3.01. The van der Waals surface area contributed by atoms with Gasteiger partial charge in [-0.25, -0.2) is 5.84 Å². The molecule has 1 rings (SSSR count). The van der Waals surface area contributed by atoms with Crippen molar-refractivity contribution in [2.75, 3.05) is 0 Å². The minimum Gasteiger partial charge on any atom is -0.401 e. The summed E-state index contributed by atoms with van der Waals surface area (Å²) < 4.78 is 0. The number of hydrogen-bond donors (Lipinski definition) is 4. The maximum absolute atomic E-state index is 10.8. The van der Waals surface area contributed by atoms with Gasteiger partial charge in [0.1, 0.15) is 0 Å². The molecule has 1 fully saturated rings. The van der Waals surface area contributed by atoms with Crippen LogP contribution in [0.25, 0.3) is 0 Å². The number of hydrazine groups is 1. The number of hydrogen-bond acceptors (Lipinski definition) is 5. The van der Waals surface area contributed by atoms with E-state index in [4.69, 9.17) is 11.6 Å². The van der Waals surface area contributed by atoms with Gasteiger partial charge in [0.2, 0.25) is 5.91 Å². The predicted molar refractivity (Wildman–Crippen MR) is 118 cm³/mol. The zero-order valence-electron chi connectivity index (χ0n) is 19.3. The van der Waals surface area contributed by atoms with Crippen LogP contribution in [0.5, 0.6) is 0 Å². The molecule has 1 aliphatic carbocycles. The van der Waals surface area contributed by atoms with Gasteiger partial charge in [-0.05, 0) is 72.6 Å². The van der Waals surface area contributed by atoms with Crippen LogP contribution in [0.15, 0.2) is 11.9 Å². The van der Waals surface area contributed by atoms with E-state index in [2.05, 4.69) is 26.1 Å². The number of amides is 1. The highest BCUT2D eigenvalue weighted by atomic mass is 16.3. The van der Waals surface area contributed by atoms with E-state index in [1.807, 2.05) is 33.9 Å². The fourth-order valence-corrected chi connectivity index (χ4v) is 3.01. The van der Waals surface area contributed by atoms with Gasteiger partial charge >= 0.3 is 0 Å². The quantitative estimate of drug-likeness (QED) is 0.387. The van der Waals surface area contributed by atoms with E-state index in [1.165, 1.54) is 6.42 Å². The molecule has 0 aliphatic heterocycles. The van der Waals surface area contributed by atoms with Crippen LogP contribution in [-0.4, -0.2) is 33.7 Å². The Kier molecular flexibility index (Phi) is 12.5. The summed E-state index contributed by atoms with van der Waals surface area (Å²) in [5.41, 5.74) is 6.75. The Bertz CT molecular complexity index is 470. The summed E-state index contributed by atoms with van der Waals surface area (Å²) in [6.07, 6.45) is 9.26. The van der Waals surface area contributed by atoms with Gasteiger partial charge in [-0.2, -0.15) is 0 Å². The number of aliphatic hydroxyl groups excluding tert-OH is 1. The van der Waals surface area contributed by atoms with E-state index in [-0.39, 0.29) is 29.5 Å². The van der Waals surface area contributed by atoms with E-state index in [1.54, 1.807) is 5.01 Å². The van der Waals surface area contributed by atoms with Crippen LogP contribution in [-0.2, 0) is 4.79 Å². The first kappa shape index (κ1) is 26.7. The molecule has 0 saturated heterocycles. The number of allylic oxidation sites excluding steroid dienone is 1. The second kappa shape index (κ2) is 13.0. The van der Waals surface area contributed by atoms with Gasteiger partial charge in [-0.15, -0.1) is 0 Å². The Morgan fingerprint density at radius 2 is 1.86 bits per heavy atom. The minimum absolute atomic E-state index is 0.0768. The summed E-state index contributed by atoms with van der Waals surface area (Å²) in [4.78, 5) is 10.8. The van der Waals surface area contributed by atoms with E-state index >= 15 is 0 Å². The van der Waals surface area contributed by atoms with Crippen molar-refractivity contribution in [2.45, 2.75) is 111 Å². The van der Waals surface area contributed by atoms with Gasteiger partial charge in [0.15, 0.2) is 0 Å². The molecular formula is C22H46N4O2. The molecule has 0 heterocycles. The van der Waals surface area contributed by atoms with Crippen LogP contribution in [0.3, 0.4) is 0 Å². The lowest BCUT2D eigenvalue weighted by Crippen LogP contribution is -2.43. The van der Waals surface area contributed by atoms with Crippen molar-refractivity contribution >= 4 is 5.91 Å². The van der Waals surface area contributed by atoms with Crippen LogP contribution in [0.1, 0.15) is 93.4 Å². The lowest BCUT2D eigenvalue weighted by Gasteiger charge is -2.30. The highest BCUT2D eigenvalue weighted by Crippen LogP contribution is 2.28. The Morgan fingerprint density at radius 1 is 1.25 bits per heavy atom. The zero-order valence-corrected chi connectivity index (χ0v) is 19.3. The summed E-state index contributed by atoms with van der Waals surface area (Å²) in [6, 6.07) is 0.264. The normalized spacial score (nSPS) is 20.6. The average molecular weight is 399 g/mol. The second-order valence-electron chi connectivity index (χ2n) is 9.68. The fraction of sp³-hybridized carbons (Fsp3) is 0.864. The van der Waals surface area contributed by atoms with E-state index in [9.17, 15) is 9.90 Å². The first-order valence-corrected chi connectivity index (χ1v) is 10.8. The number of rotatable bonds is 7. The smallest absolute Gasteiger partial charge is 0.222 e. The largest absolute Gasteiger partial charge is 0.401 e. The molecule has 0 bridgehead atoms. The van der Waals surface area contributed by atoms with Gasteiger partial charge in [0.05, 0.1) is 6.10 Å². The third-order valence-corrected chi connectivity index (χ3v) is 4.87. The van der Waals surface area contributed by atoms with Crippen molar-refractivity contribution in [3.8, 4) is 0 Å². The summed E-state index contributed by atoms with van der Waals surface area (Å²) in [6.45, 7) is 13.9. The first-order chi connectivity index (χ1) is 12.8. The van der Waals surface area contributed by atoms with Crippen molar-refractivity contribution in [2.24, 2.45) is 23.4 Å². The second-order valence-corrected chi connectivity index (χ2v) is 9.68. The minimum atomic E-state index is -0.0991. The summed E-state index contributed by atoms with van der Waals surface area (Å²) in [5.74, 6) is 6.84. The van der Waals surface area contributed by atoms with Gasteiger partial charge in [0, 0.05) is 29.4 Å². The Hall–Kier alpha value is -1.27. The molecule has 0 radical (unpaired) electrons. The van der Waals surface area contributed by atoms with Gasteiger partial charge in [-0.3, -0.25) is 4.79 Å². The molecule has 6 nitrogen and oxygen atoms in total. The Labute approximate surface area is 173 Å². The summed E-state index contributed by atoms with van der Waals surface area (Å²) in [7, 11) is 0. The highest BCUT2D eigenvalue weighted by Gasteiger charge is 2.20. The van der Waals surface area contributed by atoms with Gasteiger partial charge in [0.25, 0.3) is 0 Å². The van der Waals surface area contributed by atoms with Crippen molar-refractivity contribution in [3.63, 3.8) is 0 Å². The average Bonchev–Trinajstić information content (AvgIpc) is 2.53. The number of carbonyl (C=O) groups is 1. The summed E-state index contributed by atoms with van der Waals surface area (Å²) in [5, 5.41) is 14.1. The van der Waals surface area contributed by atoms with Crippen LogP contribution >= 0.6 is 0 Å². The number of nitrogens with one attached hydrogen (secondary N) is 1. The van der Waals surface area contributed by atoms with Gasteiger partial charge < -0.3 is 21.2 Å². The molecule has 0 aromatic carbocycles. The highest BCUT2D eigenvalue weighted by molar-refractivity contribution is 5.78. The molecule has 1 aliphatic rings. The Morgan fingerprint density at radius 3 is 2.29 bits per heavy atom. The molecule has 28 heavy (non-hydrogen) atoms. The molecule has 2 atom stereocenters. The van der Waals surface area contributed by atoms with Crippen molar-refractivity contribution in [1.29, 1.82) is 0 Å². The number of carbonyl (C=O) groups excluding carboxylic acids is 1. The maximum Gasteiger partial charge on any atom is 0.222 e. The Balaban J connectivity index is 0.000000684. The maximum atomic E-state index is 10.8. The van der Waals surface area contributed by atoms with Crippen LogP contribution in [0, 0.1) is 11.8 Å². The van der Waals surface area contributed by atoms with Crippen molar-refractivity contribution in [1.82, 2.24) is 10.3 Å². The number of nitrogens with two attached hydrogens (primary N) is 2. The van der Waals surface area contributed by atoms with Crippen molar-refractivity contribution < 1.29 is 9.90 Å². The lowest BCUT2D eigenvalue weighted by molar-refractivity contribution is -0.124. The van der Waals surface area contributed by atoms with Crippen molar-refractivity contribution in [3.05, 3.63) is 11.9 Å².